The molecule has 17 heavy (non-hydrogen) atoms. The smallest absolute Gasteiger partial charge is 0.139 e. The van der Waals surface area contributed by atoms with Gasteiger partial charge in [-0.25, -0.2) is 0 Å². The molecule has 1 aromatic rings. The molecule has 5 heteroatoms. The van der Waals surface area contributed by atoms with Crippen molar-refractivity contribution in [2.24, 2.45) is 0 Å². The minimum Gasteiger partial charge on any atom is -0.489 e. The molecule has 0 fully saturated rings. The highest BCUT2D eigenvalue weighted by atomic mass is 79.9. The summed E-state index contributed by atoms with van der Waals surface area (Å²) in [6.45, 7) is 2.71. The maximum absolute atomic E-state index is 9.57. The van der Waals surface area contributed by atoms with E-state index in [0.29, 0.717) is 17.9 Å². The van der Waals surface area contributed by atoms with Crippen LogP contribution in [0.1, 0.15) is 12.5 Å². The molecule has 0 aromatic heterocycles. The lowest BCUT2D eigenvalue weighted by Crippen LogP contribution is -2.23. The van der Waals surface area contributed by atoms with Crippen molar-refractivity contribution >= 4 is 15.9 Å². The van der Waals surface area contributed by atoms with E-state index in [4.69, 9.17) is 14.6 Å². The predicted molar refractivity (Wildman–Crippen MR) is 68.1 cm³/mol. The maximum atomic E-state index is 9.57. The number of ether oxygens (including phenoxy) is 2. The Bertz CT molecular complexity index is 343. The zero-order chi connectivity index (χ0) is 12.7. The molecular weight excluding hydrogens is 288 g/mol. The third-order valence-electron chi connectivity index (χ3n) is 2.15. The SMILES string of the molecule is CCOCC(O)COc1c(Br)cccc1CO. The summed E-state index contributed by atoms with van der Waals surface area (Å²) in [5.41, 5.74) is 0.683. The molecule has 0 aliphatic heterocycles. The second-order valence-corrected chi connectivity index (χ2v) is 4.36. The van der Waals surface area contributed by atoms with Gasteiger partial charge in [-0.05, 0) is 28.9 Å². The van der Waals surface area contributed by atoms with Gasteiger partial charge in [0.05, 0.1) is 17.7 Å². The topological polar surface area (TPSA) is 58.9 Å². The summed E-state index contributed by atoms with van der Waals surface area (Å²) in [6.07, 6.45) is -0.673. The van der Waals surface area contributed by atoms with Crippen LogP contribution in [-0.2, 0) is 11.3 Å². The van der Waals surface area contributed by atoms with Crippen molar-refractivity contribution < 1.29 is 19.7 Å². The van der Waals surface area contributed by atoms with E-state index in [1.807, 2.05) is 19.1 Å². The summed E-state index contributed by atoms with van der Waals surface area (Å²) in [7, 11) is 0. The molecule has 0 amide bonds. The number of aliphatic hydroxyl groups excluding tert-OH is 2. The number of para-hydroxylation sites is 1. The summed E-state index contributed by atoms with van der Waals surface area (Å²) in [5, 5.41) is 18.7. The van der Waals surface area contributed by atoms with Gasteiger partial charge < -0.3 is 19.7 Å². The average Bonchev–Trinajstić information content (AvgIpc) is 2.34. The van der Waals surface area contributed by atoms with Crippen LogP contribution in [0, 0.1) is 0 Å². The molecule has 0 bridgehead atoms. The predicted octanol–water partition coefficient (Wildman–Crippen LogP) is 1.72. The minimum absolute atomic E-state index is 0.101. The first-order valence-corrected chi connectivity index (χ1v) is 6.25. The van der Waals surface area contributed by atoms with Gasteiger partial charge in [0.15, 0.2) is 0 Å². The van der Waals surface area contributed by atoms with Crippen molar-refractivity contribution in [2.75, 3.05) is 19.8 Å². The van der Waals surface area contributed by atoms with Crippen LogP contribution in [0.15, 0.2) is 22.7 Å². The Balaban J connectivity index is 2.56. The van der Waals surface area contributed by atoms with Crippen LogP contribution >= 0.6 is 15.9 Å². The molecule has 0 spiro atoms. The van der Waals surface area contributed by atoms with Crippen LogP contribution in [0.2, 0.25) is 0 Å². The molecule has 0 heterocycles. The Hall–Kier alpha value is -0.620. The summed E-state index contributed by atoms with van der Waals surface area (Å²) in [5.74, 6) is 0.561. The number of aliphatic hydroxyl groups is 2. The highest BCUT2D eigenvalue weighted by molar-refractivity contribution is 9.10. The van der Waals surface area contributed by atoms with Gasteiger partial charge in [0.25, 0.3) is 0 Å². The first-order valence-electron chi connectivity index (χ1n) is 5.45. The normalized spacial score (nSPS) is 12.5. The minimum atomic E-state index is -0.673. The van der Waals surface area contributed by atoms with Gasteiger partial charge in [0.1, 0.15) is 18.5 Å². The van der Waals surface area contributed by atoms with Crippen molar-refractivity contribution in [2.45, 2.75) is 19.6 Å². The Morgan fingerprint density at radius 3 is 2.76 bits per heavy atom. The van der Waals surface area contributed by atoms with Crippen molar-refractivity contribution in [3.05, 3.63) is 28.2 Å². The maximum Gasteiger partial charge on any atom is 0.139 e. The molecule has 0 saturated carbocycles. The molecule has 0 aliphatic rings. The quantitative estimate of drug-likeness (QED) is 0.805. The summed E-state index contributed by atoms with van der Waals surface area (Å²) < 4.78 is 11.3. The Kier molecular flexibility index (Phi) is 6.50. The van der Waals surface area contributed by atoms with Gasteiger partial charge in [0.2, 0.25) is 0 Å². The molecule has 0 radical (unpaired) electrons. The molecule has 1 unspecified atom stereocenters. The van der Waals surface area contributed by atoms with Gasteiger partial charge in [-0.15, -0.1) is 0 Å². The zero-order valence-corrected chi connectivity index (χ0v) is 11.3. The standard InChI is InChI=1S/C12H17BrO4/c1-2-16-7-10(15)8-17-12-9(6-14)4-3-5-11(12)13/h3-5,10,14-15H,2,6-8H2,1H3. The largest absolute Gasteiger partial charge is 0.489 e. The Morgan fingerprint density at radius 1 is 1.35 bits per heavy atom. The molecule has 1 atom stereocenters. The van der Waals surface area contributed by atoms with E-state index in [1.54, 1.807) is 6.07 Å². The van der Waals surface area contributed by atoms with Crippen molar-refractivity contribution in [3.63, 3.8) is 0 Å². The van der Waals surface area contributed by atoms with Gasteiger partial charge in [0, 0.05) is 12.2 Å². The van der Waals surface area contributed by atoms with Crippen LogP contribution in [0.25, 0.3) is 0 Å². The second kappa shape index (κ2) is 7.66. The monoisotopic (exact) mass is 304 g/mol. The highest BCUT2D eigenvalue weighted by Crippen LogP contribution is 2.29. The van der Waals surface area contributed by atoms with Crippen LogP contribution in [0.4, 0.5) is 0 Å². The summed E-state index contributed by atoms with van der Waals surface area (Å²) >= 11 is 3.34. The third-order valence-corrected chi connectivity index (χ3v) is 2.78. The van der Waals surface area contributed by atoms with E-state index >= 15 is 0 Å². The average molecular weight is 305 g/mol. The van der Waals surface area contributed by atoms with E-state index in [2.05, 4.69) is 15.9 Å². The lowest BCUT2D eigenvalue weighted by Gasteiger charge is -2.15. The molecule has 0 saturated heterocycles. The van der Waals surface area contributed by atoms with Crippen LogP contribution in [0.3, 0.4) is 0 Å². The second-order valence-electron chi connectivity index (χ2n) is 3.51. The molecule has 2 N–H and O–H groups in total. The van der Waals surface area contributed by atoms with E-state index in [-0.39, 0.29) is 19.8 Å². The Morgan fingerprint density at radius 2 is 2.12 bits per heavy atom. The van der Waals surface area contributed by atoms with Crippen LogP contribution in [-0.4, -0.2) is 36.1 Å². The molecule has 1 aromatic carbocycles. The number of hydrogen-bond acceptors (Lipinski definition) is 4. The first-order chi connectivity index (χ1) is 8.19. The fraction of sp³-hybridized carbons (Fsp3) is 0.500. The van der Waals surface area contributed by atoms with E-state index in [1.165, 1.54) is 0 Å². The Labute approximate surface area is 109 Å². The molecule has 4 nitrogen and oxygen atoms in total. The highest BCUT2D eigenvalue weighted by Gasteiger charge is 2.10. The first kappa shape index (κ1) is 14.4. The lowest BCUT2D eigenvalue weighted by molar-refractivity contribution is 0.0159. The van der Waals surface area contributed by atoms with Crippen molar-refractivity contribution in [3.8, 4) is 5.75 Å². The van der Waals surface area contributed by atoms with Crippen molar-refractivity contribution in [1.29, 1.82) is 0 Å². The zero-order valence-electron chi connectivity index (χ0n) is 9.73. The summed E-state index contributed by atoms with van der Waals surface area (Å²) in [6, 6.07) is 5.41. The molecule has 1 rings (SSSR count). The van der Waals surface area contributed by atoms with Crippen LogP contribution in [0.5, 0.6) is 5.75 Å². The number of hydrogen-bond donors (Lipinski definition) is 2. The van der Waals surface area contributed by atoms with E-state index < -0.39 is 6.10 Å². The van der Waals surface area contributed by atoms with Gasteiger partial charge in [-0.1, -0.05) is 12.1 Å². The fourth-order valence-corrected chi connectivity index (χ4v) is 1.84. The van der Waals surface area contributed by atoms with Crippen molar-refractivity contribution in [1.82, 2.24) is 0 Å². The fourth-order valence-electron chi connectivity index (χ4n) is 1.32. The van der Waals surface area contributed by atoms with Gasteiger partial charge in [-0.3, -0.25) is 0 Å². The molecule has 96 valence electrons. The summed E-state index contributed by atoms with van der Waals surface area (Å²) in [4.78, 5) is 0. The number of halogens is 1. The third kappa shape index (κ3) is 4.63. The van der Waals surface area contributed by atoms with E-state index in [9.17, 15) is 5.11 Å². The van der Waals surface area contributed by atoms with Gasteiger partial charge in [-0.2, -0.15) is 0 Å². The van der Waals surface area contributed by atoms with Gasteiger partial charge >= 0.3 is 0 Å². The van der Waals surface area contributed by atoms with Crippen LogP contribution < -0.4 is 4.74 Å². The molecule has 0 aliphatic carbocycles. The van der Waals surface area contributed by atoms with E-state index in [0.717, 1.165) is 4.47 Å². The molecular formula is C12H17BrO4. The number of benzene rings is 1. The lowest BCUT2D eigenvalue weighted by atomic mass is 10.2. The number of rotatable bonds is 7.